The summed E-state index contributed by atoms with van der Waals surface area (Å²) >= 11 is 0. The second-order valence-electron chi connectivity index (χ2n) is 5.29. The standard InChI is InChI=1S/C15H22N2O2/c18-11-13-6-2-1-3-7-14(13)17-15(19)9-12-5-4-8-16-10-12/h4-5,8,10,13-14,18H,1-3,6-7,9,11H2,(H,17,19)/t13-,14+/m1/s1. The molecule has 0 aliphatic heterocycles. The molecule has 4 nitrogen and oxygen atoms in total. The van der Waals surface area contributed by atoms with E-state index in [2.05, 4.69) is 10.3 Å². The fraction of sp³-hybridized carbons (Fsp3) is 0.600. The van der Waals surface area contributed by atoms with E-state index in [-0.39, 0.29) is 24.5 Å². The number of nitrogens with one attached hydrogen (secondary N) is 1. The fourth-order valence-electron chi connectivity index (χ4n) is 2.74. The van der Waals surface area contributed by atoms with E-state index in [0.717, 1.165) is 31.2 Å². The molecule has 104 valence electrons. The molecule has 2 rings (SSSR count). The van der Waals surface area contributed by atoms with E-state index in [9.17, 15) is 9.90 Å². The van der Waals surface area contributed by atoms with E-state index in [0.29, 0.717) is 6.42 Å². The Morgan fingerprint density at radius 1 is 1.37 bits per heavy atom. The molecule has 1 aliphatic carbocycles. The van der Waals surface area contributed by atoms with Crippen molar-refractivity contribution in [2.75, 3.05) is 6.61 Å². The average Bonchev–Trinajstić information content (AvgIpc) is 2.64. The van der Waals surface area contributed by atoms with Crippen molar-refractivity contribution in [2.45, 2.75) is 44.6 Å². The Balaban J connectivity index is 1.89. The van der Waals surface area contributed by atoms with Gasteiger partial charge in [0, 0.05) is 31.0 Å². The highest BCUT2D eigenvalue weighted by Gasteiger charge is 2.24. The van der Waals surface area contributed by atoms with Gasteiger partial charge in [-0.3, -0.25) is 9.78 Å². The maximum Gasteiger partial charge on any atom is 0.224 e. The molecule has 1 fully saturated rings. The van der Waals surface area contributed by atoms with Gasteiger partial charge >= 0.3 is 0 Å². The number of rotatable bonds is 4. The van der Waals surface area contributed by atoms with Crippen LogP contribution in [0, 0.1) is 5.92 Å². The van der Waals surface area contributed by atoms with Crippen molar-refractivity contribution in [1.82, 2.24) is 10.3 Å². The summed E-state index contributed by atoms with van der Waals surface area (Å²) in [6.45, 7) is 0.165. The molecule has 1 aliphatic rings. The number of hydrogen-bond acceptors (Lipinski definition) is 3. The molecule has 0 radical (unpaired) electrons. The predicted molar refractivity (Wildman–Crippen MR) is 73.5 cm³/mol. The molecule has 0 spiro atoms. The van der Waals surface area contributed by atoms with Gasteiger partial charge in [-0.15, -0.1) is 0 Å². The summed E-state index contributed by atoms with van der Waals surface area (Å²) in [5, 5.41) is 12.5. The number of aromatic nitrogens is 1. The third-order valence-electron chi connectivity index (χ3n) is 3.83. The van der Waals surface area contributed by atoms with Gasteiger partial charge in [0.2, 0.25) is 5.91 Å². The Kier molecular flexibility index (Phi) is 5.33. The van der Waals surface area contributed by atoms with Crippen LogP contribution in [-0.4, -0.2) is 28.6 Å². The minimum atomic E-state index is 0.0262. The predicted octanol–water partition coefficient (Wildman–Crippen LogP) is 1.68. The van der Waals surface area contributed by atoms with Crippen molar-refractivity contribution in [2.24, 2.45) is 5.92 Å². The van der Waals surface area contributed by atoms with Gasteiger partial charge in [0.1, 0.15) is 0 Å². The molecule has 1 saturated carbocycles. The van der Waals surface area contributed by atoms with Crippen LogP contribution < -0.4 is 5.32 Å². The van der Waals surface area contributed by atoms with E-state index < -0.39 is 0 Å². The lowest BCUT2D eigenvalue weighted by molar-refractivity contribution is -0.121. The number of carbonyl (C=O) groups excluding carboxylic acids is 1. The quantitative estimate of drug-likeness (QED) is 0.812. The largest absolute Gasteiger partial charge is 0.396 e. The molecular formula is C15H22N2O2. The summed E-state index contributed by atoms with van der Waals surface area (Å²) in [6, 6.07) is 3.87. The molecule has 19 heavy (non-hydrogen) atoms. The number of hydrogen-bond donors (Lipinski definition) is 2. The first kappa shape index (κ1) is 14.0. The van der Waals surface area contributed by atoms with Crippen LogP contribution in [0.2, 0.25) is 0 Å². The molecule has 0 aromatic carbocycles. The summed E-state index contributed by atoms with van der Waals surface area (Å²) in [7, 11) is 0. The molecular weight excluding hydrogens is 240 g/mol. The second-order valence-corrected chi connectivity index (χ2v) is 5.29. The van der Waals surface area contributed by atoms with Gasteiger partial charge in [-0.2, -0.15) is 0 Å². The maximum absolute atomic E-state index is 12.0. The Labute approximate surface area is 114 Å². The van der Waals surface area contributed by atoms with Crippen molar-refractivity contribution < 1.29 is 9.90 Å². The molecule has 0 bridgehead atoms. The van der Waals surface area contributed by atoms with Gasteiger partial charge in [-0.25, -0.2) is 0 Å². The summed E-state index contributed by atoms with van der Waals surface area (Å²) in [6.07, 6.45) is 9.26. The summed E-state index contributed by atoms with van der Waals surface area (Å²) in [4.78, 5) is 16.0. The molecule has 1 aromatic rings. The number of aliphatic hydroxyl groups excluding tert-OH is 1. The number of pyridine rings is 1. The van der Waals surface area contributed by atoms with E-state index in [1.165, 1.54) is 6.42 Å². The van der Waals surface area contributed by atoms with Gasteiger partial charge in [0.05, 0.1) is 6.42 Å². The SMILES string of the molecule is O=C(Cc1cccnc1)N[C@H]1CCCCC[C@@H]1CO. The average molecular weight is 262 g/mol. The third-order valence-corrected chi connectivity index (χ3v) is 3.83. The molecule has 1 heterocycles. The van der Waals surface area contributed by atoms with Crippen LogP contribution >= 0.6 is 0 Å². The Morgan fingerprint density at radius 3 is 2.95 bits per heavy atom. The van der Waals surface area contributed by atoms with E-state index in [1.54, 1.807) is 12.4 Å². The maximum atomic E-state index is 12.0. The number of nitrogens with zero attached hydrogens (tertiary/aromatic N) is 1. The van der Waals surface area contributed by atoms with Crippen molar-refractivity contribution >= 4 is 5.91 Å². The van der Waals surface area contributed by atoms with E-state index in [4.69, 9.17) is 0 Å². The number of carbonyl (C=O) groups is 1. The van der Waals surface area contributed by atoms with Gasteiger partial charge in [-0.1, -0.05) is 25.3 Å². The zero-order valence-electron chi connectivity index (χ0n) is 11.2. The zero-order chi connectivity index (χ0) is 13.5. The lowest BCUT2D eigenvalue weighted by Crippen LogP contribution is -2.41. The van der Waals surface area contributed by atoms with Crippen LogP contribution in [0.4, 0.5) is 0 Å². The molecule has 1 amide bonds. The normalized spacial score (nSPS) is 23.6. The van der Waals surface area contributed by atoms with Gasteiger partial charge < -0.3 is 10.4 Å². The molecule has 1 aromatic heterocycles. The van der Waals surface area contributed by atoms with Crippen molar-refractivity contribution in [1.29, 1.82) is 0 Å². The van der Waals surface area contributed by atoms with Crippen molar-refractivity contribution in [3.8, 4) is 0 Å². The Morgan fingerprint density at radius 2 is 2.21 bits per heavy atom. The van der Waals surface area contributed by atoms with Crippen LogP contribution in [-0.2, 0) is 11.2 Å². The van der Waals surface area contributed by atoms with Crippen LogP contribution in [0.5, 0.6) is 0 Å². The smallest absolute Gasteiger partial charge is 0.224 e. The molecule has 4 heteroatoms. The highest BCUT2D eigenvalue weighted by atomic mass is 16.3. The molecule has 2 atom stereocenters. The molecule has 0 saturated heterocycles. The highest BCUT2D eigenvalue weighted by Crippen LogP contribution is 2.23. The van der Waals surface area contributed by atoms with Crippen LogP contribution in [0.1, 0.15) is 37.7 Å². The second kappa shape index (κ2) is 7.24. The Bertz CT molecular complexity index is 394. The zero-order valence-corrected chi connectivity index (χ0v) is 11.2. The molecule has 2 N–H and O–H groups in total. The van der Waals surface area contributed by atoms with Crippen molar-refractivity contribution in [3.63, 3.8) is 0 Å². The third kappa shape index (κ3) is 4.31. The monoisotopic (exact) mass is 262 g/mol. The lowest BCUT2D eigenvalue weighted by Gasteiger charge is -2.24. The minimum absolute atomic E-state index is 0.0262. The molecule has 0 unspecified atom stereocenters. The number of aliphatic hydroxyl groups is 1. The van der Waals surface area contributed by atoms with Gasteiger partial charge in [0.25, 0.3) is 0 Å². The first-order valence-corrected chi connectivity index (χ1v) is 7.08. The van der Waals surface area contributed by atoms with E-state index >= 15 is 0 Å². The first-order valence-electron chi connectivity index (χ1n) is 7.08. The Hall–Kier alpha value is -1.42. The minimum Gasteiger partial charge on any atom is -0.396 e. The fourth-order valence-corrected chi connectivity index (χ4v) is 2.74. The lowest BCUT2D eigenvalue weighted by atomic mass is 9.95. The highest BCUT2D eigenvalue weighted by molar-refractivity contribution is 5.78. The van der Waals surface area contributed by atoms with Gasteiger partial charge in [-0.05, 0) is 24.5 Å². The topological polar surface area (TPSA) is 62.2 Å². The summed E-state index contributed by atoms with van der Waals surface area (Å²) in [5.41, 5.74) is 0.925. The first-order chi connectivity index (χ1) is 9.29. The van der Waals surface area contributed by atoms with Gasteiger partial charge in [0.15, 0.2) is 0 Å². The summed E-state index contributed by atoms with van der Waals surface area (Å²) in [5.74, 6) is 0.235. The van der Waals surface area contributed by atoms with Crippen LogP contribution in [0.25, 0.3) is 0 Å². The van der Waals surface area contributed by atoms with Crippen molar-refractivity contribution in [3.05, 3.63) is 30.1 Å². The van der Waals surface area contributed by atoms with Crippen LogP contribution in [0.3, 0.4) is 0 Å². The van der Waals surface area contributed by atoms with E-state index in [1.807, 2.05) is 12.1 Å². The number of amides is 1. The van der Waals surface area contributed by atoms with Crippen LogP contribution in [0.15, 0.2) is 24.5 Å². The summed E-state index contributed by atoms with van der Waals surface area (Å²) < 4.78 is 0.